The lowest BCUT2D eigenvalue weighted by Crippen LogP contribution is -2.49. The zero-order valence-electron chi connectivity index (χ0n) is 14.7. The van der Waals surface area contributed by atoms with Crippen LogP contribution in [0.1, 0.15) is 29.5 Å². The number of piperazine rings is 1. The number of aliphatic hydroxyl groups excluding tert-OH is 1. The molecular weight excluding hydrogens is 288 g/mol. The van der Waals surface area contributed by atoms with Crippen LogP contribution in [0.2, 0.25) is 0 Å². The average molecular weight is 318 g/mol. The van der Waals surface area contributed by atoms with Crippen LogP contribution in [0, 0.1) is 20.8 Å². The van der Waals surface area contributed by atoms with E-state index in [1.165, 1.54) is 24.0 Å². The van der Waals surface area contributed by atoms with Gasteiger partial charge in [0.25, 0.3) is 0 Å². The van der Waals surface area contributed by atoms with Gasteiger partial charge in [-0.05, 0) is 50.3 Å². The Morgan fingerprint density at radius 2 is 1.74 bits per heavy atom. The third-order valence-corrected chi connectivity index (χ3v) is 5.23. The van der Waals surface area contributed by atoms with Crippen LogP contribution >= 0.6 is 0 Å². The zero-order chi connectivity index (χ0) is 16.4. The molecule has 0 spiro atoms. The van der Waals surface area contributed by atoms with Crippen LogP contribution < -0.4 is 4.74 Å². The Balaban J connectivity index is 1.45. The molecule has 2 aliphatic rings. The van der Waals surface area contributed by atoms with E-state index in [2.05, 4.69) is 42.7 Å². The fraction of sp³-hybridized carbons (Fsp3) is 0.684. The van der Waals surface area contributed by atoms with Gasteiger partial charge in [-0.25, -0.2) is 0 Å². The molecule has 1 aromatic rings. The molecule has 1 N–H and O–H groups in total. The Labute approximate surface area is 140 Å². The van der Waals surface area contributed by atoms with Crippen LogP contribution in [0.15, 0.2) is 12.1 Å². The highest BCUT2D eigenvalue weighted by atomic mass is 16.5. The first-order chi connectivity index (χ1) is 11.0. The number of aryl methyl sites for hydroxylation is 2. The summed E-state index contributed by atoms with van der Waals surface area (Å²) in [7, 11) is 0. The quantitative estimate of drug-likeness (QED) is 0.872. The Hall–Kier alpha value is -1.10. The molecule has 2 fully saturated rings. The Morgan fingerprint density at radius 3 is 2.39 bits per heavy atom. The van der Waals surface area contributed by atoms with Crippen LogP contribution in [0.3, 0.4) is 0 Å². The van der Waals surface area contributed by atoms with E-state index in [0.717, 1.165) is 43.5 Å². The summed E-state index contributed by atoms with van der Waals surface area (Å²) in [6.07, 6.45) is 2.33. The second-order valence-corrected chi connectivity index (χ2v) is 7.19. The normalized spacial score (nSPS) is 21.4. The number of hydrogen-bond acceptors (Lipinski definition) is 4. The molecule has 3 rings (SSSR count). The summed E-state index contributed by atoms with van der Waals surface area (Å²) in [5.41, 5.74) is 3.55. The van der Waals surface area contributed by atoms with Crippen LogP contribution in [0.4, 0.5) is 0 Å². The number of nitrogens with zero attached hydrogens (tertiary/aromatic N) is 2. The molecule has 0 amide bonds. The van der Waals surface area contributed by atoms with Crippen molar-refractivity contribution in [1.29, 1.82) is 0 Å². The molecule has 0 unspecified atom stereocenters. The number of ether oxygens (including phenoxy) is 1. The van der Waals surface area contributed by atoms with Gasteiger partial charge >= 0.3 is 0 Å². The van der Waals surface area contributed by atoms with Gasteiger partial charge in [0.15, 0.2) is 0 Å². The van der Waals surface area contributed by atoms with Gasteiger partial charge in [-0.3, -0.25) is 9.80 Å². The summed E-state index contributed by atoms with van der Waals surface area (Å²) in [5.74, 6) is 0.933. The van der Waals surface area contributed by atoms with Crippen LogP contribution in [0.5, 0.6) is 5.75 Å². The molecule has 1 aliphatic heterocycles. The van der Waals surface area contributed by atoms with Gasteiger partial charge in [0.05, 0.1) is 0 Å². The first-order valence-corrected chi connectivity index (χ1v) is 8.88. The van der Waals surface area contributed by atoms with E-state index in [0.29, 0.717) is 13.2 Å². The van der Waals surface area contributed by atoms with E-state index in [1.807, 2.05) is 0 Å². The van der Waals surface area contributed by atoms with Crippen LogP contribution in [-0.4, -0.2) is 66.4 Å². The monoisotopic (exact) mass is 318 g/mol. The van der Waals surface area contributed by atoms with Crippen LogP contribution in [0.25, 0.3) is 0 Å². The fourth-order valence-electron chi connectivity index (χ4n) is 3.43. The Morgan fingerprint density at radius 1 is 1.09 bits per heavy atom. The lowest BCUT2D eigenvalue weighted by molar-refractivity contribution is 0.0442. The molecule has 128 valence electrons. The average Bonchev–Trinajstić information content (AvgIpc) is 3.37. The van der Waals surface area contributed by atoms with Crippen LogP contribution in [-0.2, 0) is 0 Å². The van der Waals surface area contributed by atoms with E-state index in [-0.39, 0.29) is 0 Å². The molecule has 23 heavy (non-hydrogen) atoms. The molecule has 0 aromatic heterocycles. The van der Waals surface area contributed by atoms with Crippen molar-refractivity contribution >= 4 is 0 Å². The van der Waals surface area contributed by atoms with Gasteiger partial charge in [-0.15, -0.1) is 0 Å². The fourth-order valence-corrected chi connectivity index (χ4v) is 3.43. The second-order valence-electron chi connectivity index (χ2n) is 7.19. The van der Waals surface area contributed by atoms with Crippen molar-refractivity contribution in [3.05, 3.63) is 28.8 Å². The van der Waals surface area contributed by atoms with Crippen molar-refractivity contribution in [1.82, 2.24) is 9.80 Å². The maximum absolute atomic E-state index is 10.3. The topological polar surface area (TPSA) is 35.9 Å². The molecule has 1 saturated carbocycles. The number of β-amino-alcohol motifs (C(OH)–C–C–N with tert-alkyl or cyclic N) is 1. The molecule has 0 bridgehead atoms. The lowest BCUT2D eigenvalue weighted by Gasteiger charge is -2.35. The first kappa shape index (κ1) is 16.7. The van der Waals surface area contributed by atoms with E-state index in [4.69, 9.17) is 4.74 Å². The van der Waals surface area contributed by atoms with Crippen molar-refractivity contribution < 1.29 is 9.84 Å². The standard InChI is InChI=1S/C19H30N2O2/c1-14-4-5-15(2)19(16(14)3)23-13-18(22)12-20-8-10-21(11-9-20)17-6-7-17/h4-5,17-18,22H,6-13H2,1-3H3/t18-/m1/s1. The van der Waals surface area contributed by atoms with E-state index < -0.39 is 6.10 Å². The van der Waals surface area contributed by atoms with Crippen molar-refractivity contribution in [2.24, 2.45) is 0 Å². The molecule has 1 heterocycles. The highest BCUT2D eigenvalue weighted by molar-refractivity contribution is 5.44. The molecule has 4 heteroatoms. The van der Waals surface area contributed by atoms with Gasteiger partial charge in [-0.1, -0.05) is 12.1 Å². The minimum absolute atomic E-state index is 0.369. The molecule has 1 aliphatic carbocycles. The van der Waals surface area contributed by atoms with Gasteiger partial charge < -0.3 is 9.84 Å². The smallest absolute Gasteiger partial charge is 0.125 e. The third-order valence-electron chi connectivity index (χ3n) is 5.23. The largest absolute Gasteiger partial charge is 0.490 e. The lowest BCUT2D eigenvalue weighted by atomic mass is 10.1. The molecule has 1 aromatic carbocycles. The summed E-state index contributed by atoms with van der Waals surface area (Å²) >= 11 is 0. The number of benzene rings is 1. The first-order valence-electron chi connectivity index (χ1n) is 8.88. The van der Waals surface area contributed by atoms with Gasteiger partial charge in [0, 0.05) is 38.8 Å². The predicted molar refractivity (Wildman–Crippen MR) is 93.2 cm³/mol. The highest BCUT2D eigenvalue weighted by Gasteiger charge is 2.31. The number of hydrogen-bond donors (Lipinski definition) is 1. The van der Waals surface area contributed by atoms with Crippen molar-refractivity contribution in [3.8, 4) is 5.75 Å². The summed E-state index contributed by atoms with van der Waals surface area (Å²) in [4.78, 5) is 4.96. The Bertz CT molecular complexity index is 534. The minimum Gasteiger partial charge on any atom is -0.490 e. The SMILES string of the molecule is Cc1ccc(C)c(OC[C@H](O)CN2CCN(C3CC3)CC2)c1C. The molecule has 1 atom stereocenters. The summed E-state index contributed by atoms with van der Waals surface area (Å²) < 4.78 is 5.93. The highest BCUT2D eigenvalue weighted by Crippen LogP contribution is 2.28. The van der Waals surface area contributed by atoms with E-state index in [9.17, 15) is 5.11 Å². The van der Waals surface area contributed by atoms with Gasteiger partial charge in [0.2, 0.25) is 0 Å². The maximum Gasteiger partial charge on any atom is 0.125 e. The molecule has 4 nitrogen and oxygen atoms in total. The summed E-state index contributed by atoms with van der Waals surface area (Å²) in [5, 5.41) is 10.3. The van der Waals surface area contributed by atoms with E-state index >= 15 is 0 Å². The second kappa shape index (κ2) is 7.20. The van der Waals surface area contributed by atoms with Crippen molar-refractivity contribution in [3.63, 3.8) is 0 Å². The predicted octanol–water partition coefficient (Wildman–Crippen LogP) is 2.13. The molecule has 0 radical (unpaired) electrons. The van der Waals surface area contributed by atoms with Gasteiger partial charge in [0.1, 0.15) is 18.5 Å². The zero-order valence-corrected chi connectivity index (χ0v) is 14.7. The number of aliphatic hydroxyl groups is 1. The van der Waals surface area contributed by atoms with E-state index in [1.54, 1.807) is 0 Å². The third kappa shape index (κ3) is 4.25. The number of rotatable bonds is 6. The molecule has 1 saturated heterocycles. The van der Waals surface area contributed by atoms with Crippen molar-refractivity contribution in [2.75, 3.05) is 39.3 Å². The summed E-state index contributed by atoms with van der Waals surface area (Å²) in [6, 6.07) is 5.06. The Kier molecular flexibility index (Phi) is 5.24. The maximum atomic E-state index is 10.3. The van der Waals surface area contributed by atoms with Crippen molar-refractivity contribution in [2.45, 2.75) is 45.8 Å². The minimum atomic E-state index is -0.429. The molecular formula is C19H30N2O2. The van der Waals surface area contributed by atoms with Gasteiger partial charge in [-0.2, -0.15) is 0 Å². The summed E-state index contributed by atoms with van der Waals surface area (Å²) in [6.45, 7) is 11.7.